The van der Waals surface area contributed by atoms with Crippen molar-refractivity contribution in [2.75, 3.05) is 0 Å². The minimum atomic E-state index is -1.02. The Morgan fingerprint density at radius 1 is 1.44 bits per heavy atom. The van der Waals surface area contributed by atoms with E-state index in [2.05, 4.69) is 15.9 Å². The van der Waals surface area contributed by atoms with Crippen molar-refractivity contribution in [3.05, 3.63) is 51.9 Å². The number of ether oxygens (including phenoxy) is 1. The highest BCUT2D eigenvalue weighted by Gasteiger charge is 2.14. The van der Waals surface area contributed by atoms with Crippen molar-refractivity contribution in [1.82, 2.24) is 0 Å². The fourth-order valence-corrected chi connectivity index (χ4v) is 2.04. The maximum absolute atomic E-state index is 10.9. The third-order valence-electron chi connectivity index (χ3n) is 2.47. The first-order chi connectivity index (χ1) is 8.58. The quantitative estimate of drug-likeness (QED) is 0.936. The van der Waals surface area contributed by atoms with Gasteiger partial charge in [0.1, 0.15) is 17.9 Å². The van der Waals surface area contributed by atoms with Crippen molar-refractivity contribution >= 4 is 21.9 Å². The molecular weight excluding hydrogens is 300 g/mol. The van der Waals surface area contributed by atoms with E-state index in [1.54, 1.807) is 0 Å². The summed E-state index contributed by atoms with van der Waals surface area (Å²) in [7, 11) is 0. The molecular formula is C13H11BrO4. The van der Waals surface area contributed by atoms with E-state index in [-0.39, 0.29) is 12.2 Å². The second-order valence-electron chi connectivity index (χ2n) is 3.76. The maximum atomic E-state index is 10.9. The van der Waals surface area contributed by atoms with E-state index in [9.17, 15) is 4.79 Å². The largest absolute Gasteiger partial charge is 0.485 e. The Hall–Kier alpha value is -1.75. The molecule has 0 bridgehead atoms. The van der Waals surface area contributed by atoms with Crippen LogP contribution in [0.2, 0.25) is 0 Å². The van der Waals surface area contributed by atoms with Crippen molar-refractivity contribution in [3.8, 4) is 5.75 Å². The number of benzene rings is 1. The van der Waals surface area contributed by atoms with Gasteiger partial charge in [-0.15, -0.1) is 0 Å². The summed E-state index contributed by atoms with van der Waals surface area (Å²) in [5, 5.41) is 8.92. The van der Waals surface area contributed by atoms with Gasteiger partial charge in [0, 0.05) is 4.47 Å². The number of furan rings is 1. The van der Waals surface area contributed by atoms with E-state index in [0.717, 1.165) is 10.0 Å². The molecule has 1 heterocycles. The zero-order valence-corrected chi connectivity index (χ0v) is 11.2. The molecule has 0 unspecified atom stereocenters. The van der Waals surface area contributed by atoms with Crippen molar-refractivity contribution in [1.29, 1.82) is 0 Å². The van der Waals surface area contributed by atoms with Crippen LogP contribution in [0.5, 0.6) is 5.75 Å². The average molecular weight is 311 g/mol. The van der Waals surface area contributed by atoms with Crippen LogP contribution < -0.4 is 4.74 Å². The number of carboxylic acid groups (broad SMARTS) is 1. The van der Waals surface area contributed by atoms with Crippen LogP contribution in [0.15, 0.2) is 39.4 Å². The van der Waals surface area contributed by atoms with Gasteiger partial charge < -0.3 is 14.3 Å². The van der Waals surface area contributed by atoms with Crippen molar-refractivity contribution < 1.29 is 19.1 Å². The molecule has 0 aliphatic carbocycles. The highest BCUT2D eigenvalue weighted by Crippen LogP contribution is 2.23. The SMILES string of the molecule is Cc1cc(Br)ccc1OCc1occc1C(=O)O. The Bertz CT molecular complexity index is 574. The van der Waals surface area contributed by atoms with Gasteiger partial charge in [0.15, 0.2) is 5.76 Å². The number of hydrogen-bond acceptors (Lipinski definition) is 3. The number of carbonyl (C=O) groups is 1. The summed E-state index contributed by atoms with van der Waals surface area (Å²) in [5.74, 6) is -0.00867. The third kappa shape index (κ3) is 2.73. The summed E-state index contributed by atoms with van der Waals surface area (Å²) in [6, 6.07) is 7.02. The normalized spacial score (nSPS) is 10.3. The number of rotatable bonds is 4. The van der Waals surface area contributed by atoms with Crippen LogP contribution in [-0.4, -0.2) is 11.1 Å². The molecule has 1 N–H and O–H groups in total. The first kappa shape index (κ1) is 12.7. The molecule has 94 valence electrons. The van der Waals surface area contributed by atoms with Gasteiger partial charge in [0.2, 0.25) is 0 Å². The molecule has 0 aliphatic heterocycles. The van der Waals surface area contributed by atoms with Crippen LogP contribution in [0.3, 0.4) is 0 Å². The second-order valence-corrected chi connectivity index (χ2v) is 4.68. The van der Waals surface area contributed by atoms with E-state index < -0.39 is 5.97 Å². The van der Waals surface area contributed by atoms with Gasteiger partial charge in [-0.2, -0.15) is 0 Å². The van der Waals surface area contributed by atoms with Gasteiger partial charge in [-0.25, -0.2) is 4.79 Å². The van der Waals surface area contributed by atoms with Crippen molar-refractivity contribution in [2.45, 2.75) is 13.5 Å². The number of halogens is 1. The Morgan fingerprint density at radius 3 is 2.89 bits per heavy atom. The lowest BCUT2D eigenvalue weighted by molar-refractivity contribution is 0.0692. The molecule has 5 heteroatoms. The van der Waals surface area contributed by atoms with Gasteiger partial charge >= 0.3 is 5.97 Å². The van der Waals surface area contributed by atoms with E-state index in [0.29, 0.717) is 11.5 Å². The smallest absolute Gasteiger partial charge is 0.339 e. The average Bonchev–Trinajstić information content (AvgIpc) is 2.76. The topological polar surface area (TPSA) is 59.7 Å². The van der Waals surface area contributed by atoms with E-state index in [1.807, 2.05) is 25.1 Å². The molecule has 2 aromatic rings. The molecule has 0 amide bonds. The molecule has 0 radical (unpaired) electrons. The van der Waals surface area contributed by atoms with Crippen molar-refractivity contribution in [2.24, 2.45) is 0 Å². The molecule has 4 nitrogen and oxygen atoms in total. The second kappa shape index (κ2) is 5.27. The molecule has 1 aromatic carbocycles. The Morgan fingerprint density at radius 2 is 2.22 bits per heavy atom. The zero-order valence-electron chi connectivity index (χ0n) is 9.64. The van der Waals surface area contributed by atoms with E-state index in [1.165, 1.54) is 12.3 Å². The minimum Gasteiger partial charge on any atom is -0.485 e. The predicted octanol–water partition coefficient (Wildman–Crippen LogP) is 3.63. The molecule has 0 atom stereocenters. The van der Waals surface area contributed by atoms with Crippen LogP contribution in [0.25, 0.3) is 0 Å². The summed E-state index contributed by atoms with van der Waals surface area (Å²) >= 11 is 3.36. The fourth-order valence-electron chi connectivity index (χ4n) is 1.56. The molecule has 0 aliphatic rings. The standard InChI is InChI=1S/C13H11BrO4/c1-8-6-9(14)2-3-11(8)18-7-12-10(13(15)16)4-5-17-12/h2-6H,7H2,1H3,(H,15,16). The molecule has 2 rings (SSSR count). The lowest BCUT2D eigenvalue weighted by Gasteiger charge is -2.08. The van der Waals surface area contributed by atoms with Crippen LogP contribution >= 0.6 is 15.9 Å². The number of hydrogen-bond donors (Lipinski definition) is 1. The molecule has 18 heavy (non-hydrogen) atoms. The van der Waals surface area contributed by atoms with Gasteiger partial charge in [-0.05, 0) is 36.8 Å². The molecule has 0 saturated carbocycles. The third-order valence-corrected chi connectivity index (χ3v) is 2.96. The first-order valence-corrected chi connectivity index (χ1v) is 6.06. The van der Waals surface area contributed by atoms with Crippen LogP contribution in [0.1, 0.15) is 21.7 Å². The van der Waals surface area contributed by atoms with Gasteiger partial charge in [0.25, 0.3) is 0 Å². The molecule has 1 aromatic heterocycles. The summed E-state index contributed by atoms with van der Waals surface area (Å²) < 4.78 is 11.6. The highest BCUT2D eigenvalue weighted by atomic mass is 79.9. The minimum absolute atomic E-state index is 0.0944. The lowest BCUT2D eigenvalue weighted by atomic mass is 10.2. The van der Waals surface area contributed by atoms with Crippen LogP contribution in [0.4, 0.5) is 0 Å². The fraction of sp³-hybridized carbons (Fsp3) is 0.154. The summed E-state index contributed by atoms with van der Waals surface area (Å²) in [6.07, 6.45) is 1.34. The van der Waals surface area contributed by atoms with Gasteiger partial charge in [-0.1, -0.05) is 15.9 Å². The lowest BCUT2D eigenvalue weighted by Crippen LogP contribution is -2.03. The van der Waals surface area contributed by atoms with E-state index >= 15 is 0 Å². The van der Waals surface area contributed by atoms with Gasteiger partial charge in [0.05, 0.1) is 6.26 Å². The molecule has 0 fully saturated rings. The maximum Gasteiger partial charge on any atom is 0.339 e. The summed E-state index contributed by atoms with van der Waals surface area (Å²) in [4.78, 5) is 10.9. The predicted molar refractivity (Wildman–Crippen MR) is 68.9 cm³/mol. The van der Waals surface area contributed by atoms with E-state index in [4.69, 9.17) is 14.3 Å². The molecule has 0 saturated heterocycles. The Labute approximate surface area is 112 Å². The van der Waals surface area contributed by atoms with Crippen molar-refractivity contribution in [3.63, 3.8) is 0 Å². The number of carboxylic acids is 1. The highest BCUT2D eigenvalue weighted by molar-refractivity contribution is 9.10. The Balaban J connectivity index is 2.11. The Kier molecular flexibility index (Phi) is 3.72. The summed E-state index contributed by atoms with van der Waals surface area (Å²) in [6.45, 7) is 2.01. The number of aryl methyl sites for hydroxylation is 1. The number of aromatic carboxylic acids is 1. The van der Waals surface area contributed by atoms with Gasteiger partial charge in [-0.3, -0.25) is 0 Å². The zero-order chi connectivity index (χ0) is 13.1. The van der Waals surface area contributed by atoms with Crippen LogP contribution in [-0.2, 0) is 6.61 Å². The summed E-state index contributed by atoms with van der Waals surface area (Å²) in [5.41, 5.74) is 1.09. The molecule has 0 spiro atoms. The first-order valence-electron chi connectivity index (χ1n) is 5.26. The van der Waals surface area contributed by atoms with Crippen LogP contribution in [0, 0.1) is 6.92 Å². The monoisotopic (exact) mass is 310 g/mol.